The number of benzene rings is 2. The lowest BCUT2D eigenvalue weighted by Gasteiger charge is -2.38. The molecule has 136 valence electrons. The molecule has 2 heterocycles. The molecular weight excluding hydrogens is 478 g/mol. The number of halogens is 2. The molecule has 1 unspecified atom stereocenters. The molecule has 6 heteroatoms. The number of hydrogen-bond donors (Lipinski definition) is 0. The third-order valence-corrected chi connectivity index (χ3v) is 7.23. The van der Waals surface area contributed by atoms with Crippen molar-refractivity contribution < 1.29 is 9.53 Å². The van der Waals surface area contributed by atoms with E-state index in [2.05, 4.69) is 48.9 Å². The van der Waals surface area contributed by atoms with Gasteiger partial charge in [0.2, 0.25) is 0 Å². The first-order valence-electron chi connectivity index (χ1n) is 8.70. The van der Waals surface area contributed by atoms with Crippen molar-refractivity contribution >= 4 is 49.4 Å². The Morgan fingerprint density at radius 1 is 1.12 bits per heavy atom. The Hall–Kier alpha value is -0.820. The van der Waals surface area contributed by atoms with Gasteiger partial charge < -0.3 is 9.64 Å². The van der Waals surface area contributed by atoms with Crippen molar-refractivity contribution in [3.05, 3.63) is 57.0 Å². The van der Waals surface area contributed by atoms with Gasteiger partial charge in [-0.3, -0.25) is 4.79 Å². The molecule has 4 rings (SSSR count). The Morgan fingerprint density at radius 3 is 2.58 bits per heavy atom. The number of hydrogen-bond acceptors (Lipinski definition) is 4. The smallest absolute Gasteiger partial charge is 0.187 e. The zero-order valence-corrected chi connectivity index (χ0v) is 18.2. The zero-order valence-electron chi connectivity index (χ0n) is 14.2. The molecule has 0 saturated carbocycles. The van der Waals surface area contributed by atoms with Crippen molar-refractivity contribution in [2.45, 2.75) is 22.5 Å². The number of thioether (sulfide) groups is 1. The van der Waals surface area contributed by atoms with Crippen LogP contribution >= 0.6 is 43.6 Å². The highest BCUT2D eigenvalue weighted by molar-refractivity contribution is 9.11. The van der Waals surface area contributed by atoms with Gasteiger partial charge in [0, 0.05) is 15.9 Å². The molecule has 0 N–H and O–H groups in total. The van der Waals surface area contributed by atoms with Gasteiger partial charge in [0.15, 0.2) is 5.78 Å². The third-order valence-electron chi connectivity index (χ3n) is 4.85. The minimum absolute atomic E-state index is 0.154. The van der Waals surface area contributed by atoms with Gasteiger partial charge >= 0.3 is 0 Å². The van der Waals surface area contributed by atoms with E-state index in [9.17, 15) is 4.79 Å². The normalized spacial score (nSPS) is 22.9. The molecule has 2 aromatic rings. The van der Waals surface area contributed by atoms with Crippen LogP contribution in [0.4, 0.5) is 0 Å². The highest BCUT2D eigenvalue weighted by Gasteiger charge is 2.47. The Bertz CT molecular complexity index is 824. The molecule has 0 aromatic heterocycles. The van der Waals surface area contributed by atoms with Crippen LogP contribution in [-0.4, -0.2) is 41.7 Å². The highest BCUT2D eigenvalue weighted by Crippen LogP contribution is 2.45. The highest BCUT2D eigenvalue weighted by atomic mass is 79.9. The van der Waals surface area contributed by atoms with E-state index >= 15 is 0 Å². The maximum atomic E-state index is 13.7. The summed E-state index contributed by atoms with van der Waals surface area (Å²) in [6.07, 6.45) is 2.41. The predicted octanol–water partition coefficient (Wildman–Crippen LogP) is 5.41. The second kappa shape index (κ2) is 7.66. The number of Topliss-reactive ketones (excluding diaryl/α,β-unsaturated/α-hetero) is 1. The number of ketones is 1. The van der Waals surface area contributed by atoms with Crippen LogP contribution in [0.25, 0.3) is 0 Å². The number of rotatable bonds is 4. The Balaban J connectivity index is 1.73. The first-order valence-corrected chi connectivity index (χ1v) is 11.1. The molecule has 26 heavy (non-hydrogen) atoms. The van der Waals surface area contributed by atoms with Crippen molar-refractivity contribution in [1.82, 2.24) is 4.90 Å². The predicted molar refractivity (Wildman–Crippen MR) is 112 cm³/mol. The zero-order chi connectivity index (χ0) is 18.1. The van der Waals surface area contributed by atoms with Gasteiger partial charge in [0.05, 0.1) is 10.0 Å². The number of ether oxygens (including phenoxy) is 1. The topological polar surface area (TPSA) is 29.5 Å². The van der Waals surface area contributed by atoms with Gasteiger partial charge in [-0.2, -0.15) is 0 Å². The maximum absolute atomic E-state index is 13.7. The van der Waals surface area contributed by atoms with Crippen LogP contribution in [0.5, 0.6) is 5.75 Å². The summed E-state index contributed by atoms with van der Waals surface area (Å²) in [6.45, 7) is 3.21. The van der Waals surface area contributed by atoms with E-state index < -0.39 is 4.75 Å². The third kappa shape index (κ3) is 3.61. The Kier molecular flexibility index (Phi) is 5.46. The van der Waals surface area contributed by atoms with Gasteiger partial charge in [-0.25, -0.2) is 0 Å². The number of likely N-dealkylation sites (tertiary alicyclic amines) is 1. The lowest BCUT2D eigenvalue weighted by Crippen LogP contribution is -2.52. The molecule has 1 saturated heterocycles. The first-order chi connectivity index (χ1) is 12.6. The fourth-order valence-corrected chi connectivity index (χ4v) is 6.27. The van der Waals surface area contributed by atoms with E-state index in [4.69, 9.17) is 4.74 Å². The molecular formula is C20H19Br2NO2S. The van der Waals surface area contributed by atoms with Gasteiger partial charge in [0.25, 0.3) is 0 Å². The molecule has 0 bridgehead atoms. The van der Waals surface area contributed by atoms with Crippen LogP contribution in [-0.2, 0) is 0 Å². The summed E-state index contributed by atoms with van der Waals surface area (Å²) in [5, 5.41) is 0. The standard InChI is InChI=1S/C20H19Br2NO2S/c21-14-10-16-18(17(22)11-14)25-13-20(19(16)24,12-23-8-4-5-9-23)26-15-6-2-1-3-7-15/h1-3,6-7,10-11H,4-5,8-9,12-13H2. The van der Waals surface area contributed by atoms with Crippen LogP contribution < -0.4 is 4.74 Å². The molecule has 1 fully saturated rings. The lowest BCUT2D eigenvalue weighted by molar-refractivity contribution is 0.0831. The van der Waals surface area contributed by atoms with Crippen molar-refractivity contribution in [3.63, 3.8) is 0 Å². The van der Waals surface area contributed by atoms with E-state index in [0.717, 1.165) is 33.5 Å². The van der Waals surface area contributed by atoms with Crippen LogP contribution in [0.3, 0.4) is 0 Å². The number of fused-ring (bicyclic) bond motifs is 1. The average molecular weight is 497 g/mol. The minimum atomic E-state index is -0.626. The van der Waals surface area contributed by atoms with Crippen LogP contribution in [0.1, 0.15) is 23.2 Å². The second-order valence-corrected chi connectivity index (χ2v) is 10.0. The molecule has 0 amide bonds. The molecule has 0 aliphatic carbocycles. The van der Waals surface area contributed by atoms with E-state index in [1.807, 2.05) is 30.3 Å². The van der Waals surface area contributed by atoms with Crippen LogP contribution in [0.15, 0.2) is 56.3 Å². The fourth-order valence-electron chi connectivity index (χ4n) is 3.62. The number of carbonyl (C=O) groups excluding carboxylic acids is 1. The van der Waals surface area contributed by atoms with E-state index in [-0.39, 0.29) is 5.78 Å². The molecule has 0 radical (unpaired) electrons. The summed E-state index contributed by atoms with van der Waals surface area (Å²) in [6, 6.07) is 14.0. The fraction of sp³-hybridized carbons (Fsp3) is 0.350. The lowest BCUT2D eigenvalue weighted by atomic mass is 9.93. The van der Waals surface area contributed by atoms with Crippen molar-refractivity contribution in [3.8, 4) is 5.75 Å². The summed E-state index contributed by atoms with van der Waals surface area (Å²) >= 11 is 8.67. The van der Waals surface area contributed by atoms with E-state index in [0.29, 0.717) is 17.9 Å². The maximum Gasteiger partial charge on any atom is 0.187 e. The van der Waals surface area contributed by atoms with Gasteiger partial charge in [-0.1, -0.05) is 34.1 Å². The SMILES string of the molecule is O=C1c2cc(Br)cc(Br)c2OCC1(CN1CCCC1)Sc1ccccc1. The Labute approximate surface area is 174 Å². The van der Waals surface area contributed by atoms with Crippen LogP contribution in [0, 0.1) is 0 Å². The number of nitrogens with zero attached hydrogens (tertiary/aromatic N) is 1. The van der Waals surface area contributed by atoms with Crippen LogP contribution in [0.2, 0.25) is 0 Å². The summed E-state index contributed by atoms with van der Waals surface area (Å²) < 4.78 is 7.21. The summed E-state index contributed by atoms with van der Waals surface area (Å²) in [5.41, 5.74) is 0.653. The largest absolute Gasteiger partial charge is 0.490 e. The monoisotopic (exact) mass is 495 g/mol. The molecule has 2 aromatic carbocycles. The minimum Gasteiger partial charge on any atom is -0.490 e. The second-order valence-electron chi connectivity index (χ2n) is 6.77. The first kappa shape index (κ1) is 18.5. The average Bonchev–Trinajstić information content (AvgIpc) is 3.12. The van der Waals surface area contributed by atoms with Gasteiger partial charge in [-0.15, -0.1) is 11.8 Å². The van der Waals surface area contributed by atoms with Crippen molar-refractivity contribution in [2.75, 3.05) is 26.2 Å². The molecule has 1 atom stereocenters. The van der Waals surface area contributed by atoms with Crippen molar-refractivity contribution in [1.29, 1.82) is 0 Å². The van der Waals surface area contributed by atoms with Gasteiger partial charge in [0.1, 0.15) is 17.1 Å². The summed E-state index contributed by atoms with van der Waals surface area (Å²) in [5.74, 6) is 0.811. The van der Waals surface area contributed by atoms with Gasteiger partial charge in [-0.05, 0) is 66.1 Å². The van der Waals surface area contributed by atoms with Crippen molar-refractivity contribution in [2.24, 2.45) is 0 Å². The van der Waals surface area contributed by atoms with E-state index in [1.165, 1.54) is 12.8 Å². The molecule has 2 aliphatic rings. The molecule has 0 spiro atoms. The quantitative estimate of drug-likeness (QED) is 0.565. The molecule has 2 aliphatic heterocycles. The summed E-state index contributed by atoms with van der Waals surface area (Å²) in [4.78, 5) is 17.2. The van der Waals surface area contributed by atoms with E-state index in [1.54, 1.807) is 11.8 Å². The molecule has 3 nitrogen and oxygen atoms in total. The summed E-state index contributed by atoms with van der Waals surface area (Å²) in [7, 11) is 0. The number of carbonyl (C=O) groups is 1. The Morgan fingerprint density at radius 2 is 1.85 bits per heavy atom.